The van der Waals surface area contributed by atoms with Gasteiger partial charge in [0.1, 0.15) is 0 Å². The van der Waals surface area contributed by atoms with Crippen LogP contribution in [0.5, 0.6) is 0 Å². The van der Waals surface area contributed by atoms with Gasteiger partial charge in [0.05, 0.1) is 6.54 Å². The molecule has 7 heteroatoms. The van der Waals surface area contributed by atoms with Gasteiger partial charge in [0.25, 0.3) is 0 Å². The Bertz CT molecular complexity index is 408. The molecule has 0 saturated carbocycles. The summed E-state index contributed by atoms with van der Waals surface area (Å²) in [5, 5.41) is 3.35. The summed E-state index contributed by atoms with van der Waals surface area (Å²) in [6.45, 7) is 1.77. The molecule has 0 saturated heterocycles. The molecule has 1 heterocycles. The van der Waals surface area contributed by atoms with E-state index in [2.05, 4.69) is 68.3 Å². The molecule has 0 aromatic carbocycles. The number of hydrogen-bond acceptors (Lipinski definition) is 2. The molecule has 19 heavy (non-hydrogen) atoms. The number of halogens is 2. The fraction of sp³-hybridized carbons (Fsp3) is 0.583. The third-order valence-electron chi connectivity index (χ3n) is 2.64. The number of aliphatic imine (C=N–C) groups is 1. The van der Waals surface area contributed by atoms with Gasteiger partial charge < -0.3 is 14.8 Å². The van der Waals surface area contributed by atoms with E-state index in [4.69, 9.17) is 0 Å². The predicted octanol–water partition coefficient (Wildman–Crippen LogP) is 2.78. The summed E-state index contributed by atoms with van der Waals surface area (Å²) in [5.41, 5.74) is 1.25. The van der Waals surface area contributed by atoms with Crippen LogP contribution in [0.4, 0.5) is 0 Å². The summed E-state index contributed by atoms with van der Waals surface area (Å²) < 4.78 is 3.23. The highest BCUT2D eigenvalue weighted by Crippen LogP contribution is 2.14. The second-order valence-electron chi connectivity index (χ2n) is 4.08. The van der Waals surface area contributed by atoms with Gasteiger partial charge in [-0.3, -0.25) is 4.99 Å². The average Bonchev–Trinajstić information content (AvgIpc) is 2.63. The van der Waals surface area contributed by atoms with E-state index in [0.29, 0.717) is 0 Å². The van der Waals surface area contributed by atoms with E-state index in [9.17, 15) is 0 Å². The maximum atomic E-state index is 4.29. The molecule has 0 radical (unpaired) electrons. The van der Waals surface area contributed by atoms with Crippen molar-refractivity contribution in [2.24, 2.45) is 12.0 Å². The van der Waals surface area contributed by atoms with Crippen LogP contribution < -0.4 is 5.32 Å². The molecule has 0 atom stereocenters. The molecule has 4 nitrogen and oxygen atoms in total. The molecule has 0 unspecified atom stereocenters. The molecule has 0 aliphatic carbocycles. The zero-order chi connectivity index (χ0) is 13.5. The lowest BCUT2D eigenvalue weighted by Crippen LogP contribution is -2.39. The number of thioether (sulfide) groups is 1. The van der Waals surface area contributed by atoms with Crippen LogP contribution in [0.15, 0.2) is 21.7 Å². The van der Waals surface area contributed by atoms with E-state index in [0.717, 1.165) is 29.3 Å². The Balaban J connectivity index is 0.00000324. The number of nitrogens with zero attached hydrogens (tertiary/aromatic N) is 3. The fourth-order valence-electron chi connectivity index (χ4n) is 1.69. The smallest absolute Gasteiger partial charge is 0.193 e. The van der Waals surface area contributed by atoms with Crippen molar-refractivity contribution in [2.75, 3.05) is 32.6 Å². The minimum atomic E-state index is 0. The largest absolute Gasteiger partial charge is 0.355 e. The van der Waals surface area contributed by atoms with Crippen LogP contribution in [0.2, 0.25) is 0 Å². The summed E-state index contributed by atoms with van der Waals surface area (Å²) in [6, 6.07) is 2.13. The minimum absolute atomic E-state index is 0. The van der Waals surface area contributed by atoms with E-state index in [-0.39, 0.29) is 24.0 Å². The Morgan fingerprint density at radius 1 is 1.58 bits per heavy atom. The summed E-state index contributed by atoms with van der Waals surface area (Å²) in [7, 11) is 5.92. The first kappa shape index (κ1) is 19.1. The first-order valence-electron chi connectivity index (χ1n) is 5.80. The van der Waals surface area contributed by atoms with Crippen molar-refractivity contribution in [3.8, 4) is 0 Å². The van der Waals surface area contributed by atoms with Gasteiger partial charge in [-0.1, -0.05) is 0 Å². The lowest BCUT2D eigenvalue weighted by molar-refractivity contribution is 0.464. The first-order valence-corrected chi connectivity index (χ1v) is 7.98. The van der Waals surface area contributed by atoms with Crippen LogP contribution in [-0.4, -0.2) is 48.1 Å². The molecule has 1 aromatic rings. The Morgan fingerprint density at radius 3 is 2.74 bits per heavy atom. The predicted molar refractivity (Wildman–Crippen MR) is 99.7 cm³/mol. The monoisotopic (exact) mass is 460 g/mol. The highest BCUT2D eigenvalue weighted by molar-refractivity contribution is 14.0. The zero-order valence-electron chi connectivity index (χ0n) is 11.8. The molecule has 0 aliphatic heterocycles. The van der Waals surface area contributed by atoms with Crippen molar-refractivity contribution in [1.29, 1.82) is 0 Å². The van der Waals surface area contributed by atoms with Gasteiger partial charge in [0.15, 0.2) is 5.96 Å². The van der Waals surface area contributed by atoms with E-state index in [1.54, 1.807) is 0 Å². The zero-order valence-corrected chi connectivity index (χ0v) is 16.5. The van der Waals surface area contributed by atoms with Gasteiger partial charge in [0, 0.05) is 49.8 Å². The molecule has 0 bridgehead atoms. The van der Waals surface area contributed by atoms with E-state index in [1.165, 1.54) is 5.69 Å². The standard InChI is InChI=1S/C12H21BrN4S.HI/c1-14-12(15-5-6-18-4)17(3)9-11-7-10(13)8-16(11)2;/h7-8H,5-6,9H2,1-4H3,(H,14,15);1H. The minimum Gasteiger partial charge on any atom is -0.355 e. The lowest BCUT2D eigenvalue weighted by Gasteiger charge is -2.22. The molecule has 0 aliphatic rings. The molecule has 1 aromatic heterocycles. The van der Waals surface area contributed by atoms with Crippen molar-refractivity contribution in [2.45, 2.75) is 6.54 Å². The number of rotatable bonds is 5. The quantitative estimate of drug-likeness (QED) is 0.317. The van der Waals surface area contributed by atoms with Gasteiger partial charge >= 0.3 is 0 Å². The van der Waals surface area contributed by atoms with Crippen molar-refractivity contribution >= 4 is 57.6 Å². The highest BCUT2D eigenvalue weighted by Gasteiger charge is 2.08. The third kappa shape index (κ3) is 6.40. The Kier molecular flexibility index (Phi) is 9.98. The number of guanidine groups is 1. The average molecular weight is 461 g/mol. The van der Waals surface area contributed by atoms with Crippen LogP contribution in [0.3, 0.4) is 0 Å². The highest BCUT2D eigenvalue weighted by atomic mass is 127. The Hall–Kier alpha value is 0.110. The van der Waals surface area contributed by atoms with Gasteiger partial charge in [-0.25, -0.2) is 0 Å². The summed E-state index contributed by atoms with van der Waals surface area (Å²) in [6.07, 6.45) is 4.17. The van der Waals surface area contributed by atoms with E-state index < -0.39 is 0 Å². The van der Waals surface area contributed by atoms with Gasteiger partial charge in [-0.2, -0.15) is 11.8 Å². The molecule has 110 valence electrons. The molecular formula is C12H22BrIN4S. The molecule has 1 N–H and O–H groups in total. The van der Waals surface area contributed by atoms with Gasteiger partial charge in [-0.05, 0) is 28.3 Å². The number of aryl methyl sites for hydroxylation is 1. The molecule has 1 rings (SSSR count). The summed E-state index contributed by atoms with van der Waals surface area (Å²) in [5.74, 6) is 2.02. The fourth-order valence-corrected chi connectivity index (χ4v) is 2.57. The van der Waals surface area contributed by atoms with Crippen LogP contribution in [-0.2, 0) is 13.6 Å². The Labute approximate surface area is 145 Å². The third-order valence-corrected chi connectivity index (χ3v) is 3.68. The van der Waals surface area contributed by atoms with Crippen LogP contribution in [0, 0.1) is 0 Å². The maximum Gasteiger partial charge on any atom is 0.193 e. The molecular weight excluding hydrogens is 439 g/mol. The second kappa shape index (κ2) is 9.93. The van der Waals surface area contributed by atoms with Crippen LogP contribution >= 0.6 is 51.7 Å². The van der Waals surface area contributed by atoms with Crippen molar-refractivity contribution in [3.05, 3.63) is 22.4 Å². The Morgan fingerprint density at radius 2 is 2.26 bits per heavy atom. The topological polar surface area (TPSA) is 32.6 Å². The normalized spacial score (nSPS) is 11.1. The van der Waals surface area contributed by atoms with Crippen LogP contribution in [0.1, 0.15) is 5.69 Å². The van der Waals surface area contributed by atoms with Gasteiger partial charge in [-0.15, -0.1) is 24.0 Å². The molecule has 0 amide bonds. The SMILES string of the molecule is CN=C(NCCSC)N(C)Cc1cc(Br)cn1C.I. The van der Waals surface area contributed by atoms with Crippen LogP contribution in [0.25, 0.3) is 0 Å². The summed E-state index contributed by atoms with van der Waals surface area (Å²) >= 11 is 5.32. The maximum absolute atomic E-state index is 4.29. The summed E-state index contributed by atoms with van der Waals surface area (Å²) in [4.78, 5) is 6.42. The number of nitrogens with one attached hydrogen (secondary N) is 1. The molecule has 0 fully saturated rings. The lowest BCUT2D eigenvalue weighted by atomic mass is 10.4. The first-order chi connectivity index (χ1) is 8.58. The second-order valence-corrected chi connectivity index (χ2v) is 5.98. The van der Waals surface area contributed by atoms with Crippen molar-refractivity contribution in [3.63, 3.8) is 0 Å². The number of aromatic nitrogens is 1. The van der Waals surface area contributed by atoms with Gasteiger partial charge in [0.2, 0.25) is 0 Å². The van der Waals surface area contributed by atoms with Crippen molar-refractivity contribution < 1.29 is 0 Å². The van der Waals surface area contributed by atoms with E-state index in [1.807, 2.05) is 18.8 Å². The van der Waals surface area contributed by atoms with Crippen molar-refractivity contribution in [1.82, 2.24) is 14.8 Å². The van der Waals surface area contributed by atoms with E-state index >= 15 is 0 Å². The number of hydrogen-bond donors (Lipinski definition) is 1. The molecule has 0 spiro atoms.